The Morgan fingerprint density at radius 3 is 2.36 bits per heavy atom. The number of aryl methyl sites for hydroxylation is 2. The molecule has 2 nitrogen and oxygen atoms in total. The Hall–Kier alpha value is -0.320. The van der Waals surface area contributed by atoms with E-state index in [4.69, 9.17) is 0 Å². The molecule has 0 radical (unpaired) electrons. The van der Waals surface area contributed by atoms with Gasteiger partial charge in [0.2, 0.25) is 0 Å². The molecule has 1 saturated heterocycles. The van der Waals surface area contributed by atoms with Crippen LogP contribution in [0.5, 0.6) is 0 Å². The third kappa shape index (κ3) is 2.57. The Bertz CT molecular complexity index is 603. The van der Waals surface area contributed by atoms with Crippen molar-refractivity contribution in [2.24, 2.45) is 5.92 Å². The fourth-order valence-corrected chi connectivity index (χ4v) is 6.09. The van der Waals surface area contributed by atoms with Crippen LogP contribution in [0.25, 0.3) is 0 Å². The monoisotopic (exact) mass is 426 g/mol. The summed E-state index contributed by atoms with van der Waals surface area (Å²) in [5.41, 5.74) is 4.33. The lowest BCUT2D eigenvalue weighted by atomic mass is 9.73. The molecule has 1 heterocycles. The molecule has 120 valence electrons. The molecule has 0 saturated carbocycles. The van der Waals surface area contributed by atoms with Crippen LogP contribution in [-0.4, -0.2) is 30.2 Å². The Labute approximate surface area is 150 Å². The summed E-state index contributed by atoms with van der Waals surface area (Å²) in [6.45, 7) is 12.4. The highest BCUT2D eigenvalue weighted by molar-refractivity contribution is 9.11. The van der Waals surface area contributed by atoms with Crippen molar-refractivity contribution in [1.82, 2.24) is 4.90 Å². The first kappa shape index (κ1) is 16.5. The van der Waals surface area contributed by atoms with Crippen LogP contribution in [0.2, 0.25) is 0 Å². The Kier molecular flexibility index (Phi) is 4.47. The van der Waals surface area contributed by atoms with Gasteiger partial charge in [-0.05, 0) is 54.9 Å². The lowest BCUT2D eigenvalue weighted by Crippen LogP contribution is -2.55. The van der Waals surface area contributed by atoms with Gasteiger partial charge in [-0.25, -0.2) is 0 Å². The Balaban J connectivity index is 1.82. The third-order valence-electron chi connectivity index (χ3n) is 5.31. The highest BCUT2D eigenvalue weighted by atomic mass is 79.9. The maximum absolute atomic E-state index is 3.72. The number of anilines is 1. The average Bonchev–Trinajstić information content (AvgIpc) is 2.87. The first-order chi connectivity index (χ1) is 10.4. The third-order valence-corrected chi connectivity index (χ3v) is 6.55. The maximum atomic E-state index is 3.72. The number of hydrogen-bond acceptors (Lipinski definition) is 2. The van der Waals surface area contributed by atoms with Crippen molar-refractivity contribution < 1.29 is 0 Å². The summed E-state index contributed by atoms with van der Waals surface area (Å²) in [6, 6.07) is 4.45. The molecule has 3 rings (SSSR count). The van der Waals surface area contributed by atoms with Crippen molar-refractivity contribution in [3.05, 3.63) is 38.3 Å². The van der Waals surface area contributed by atoms with Crippen LogP contribution in [0.3, 0.4) is 0 Å². The van der Waals surface area contributed by atoms with E-state index in [1.54, 1.807) is 0 Å². The van der Waals surface area contributed by atoms with Crippen LogP contribution in [0.4, 0.5) is 5.69 Å². The molecule has 1 aliphatic carbocycles. The highest BCUT2D eigenvalue weighted by Crippen LogP contribution is 2.47. The number of hydrogen-bond donors (Lipinski definition) is 0. The molecule has 1 aromatic carbocycles. The molecule has 1 aliphatic heterocycles. The first-order valence-electron chi connectivity index (χ1n) is 8.01. The fraction of sp³-hybridized carbons (Fsp3) is 0.556. The standard InChI is InChI=1S/C18H24Br2N2/c1-5-15-16(20)10-18(15,4)22-7-6-21(11-22)17-12(2)8-14(19)9-13(17)3/h8-10,15H,5-7,11H2,1-4H3. The molecule has 0 spiro atoms. The molecule has 4 heteroatoms. The van der Waals surface area contributed by atoms with Crippen LogP contribution in [0.1, 0.15) is 31.4 Å². The molecular formula is C18H24Br2N2. The number of benzene rings is 1. The van der Waals surface area contributed by atoms with Crippen LogP contribution in [-0.2, 0) is 0 Å². The summed E-state index contributed by atoms with van der Waals surface area (Å²) < 4.78 is 2.55. The van der Waals surface area contributed by atoms with Crippen LogP contribution in [0, 0.1) is 19.8 Å². The van der Waals surface area contributed by atoms with Crippen molar-refractivity contribution in [1.29, 1.82) is 0 Å². The highest BCUT2D eigenvalue weighted by Gasteiger charge is 2.47. The first-order valence-corrected chi connectivity index (χ1v) is 9.60. The van der Waals surface area contributed by atoms with E-state index in [2.05, 4.69) is 87.6 Å². The van der Waals surface area contributed by atoms with Gasteiger partial charge in [0.15, 0.2) is 0 Å². The molecule has 1 fully saturated rings. The van der Waals surface area contributed by atoms with E-state index in [1.165, 1.54) is 32.2 Å². The second-order valence-electron chi connectivity index (χ2n) is 6.77. The number of nitrogens with zero attached hydrogens (tertiary/aromatic N) is 2. The molecule has 0 N–H and O–H groups in total. The quantitative estimate of drug-likeness (QED) is 0.652. The molecule has 0 amide bonds. The zero-order chi connectivity index (χ0) is 16.1. The van der Waals surface area contributed by atoms with Gasteiger partial charge >= 0.3 is 0 Å². The molecule has 2 aliphatic rings. The predicted molar refractivity (Wildman–Crippen MR) is 102 cm³/mol. The lowest BCUT2D eigenvalue weighted by Gasteiger charge is -2.49. The van der Waals surface area contributed by atoms with Crippen molar-refractivity contribution >= 4 is 37.5 Å². The van der Waals surface area contributed by atoms with Gasteiger partial charge in [0, 0.05) is 34.7 Å². The largest absolute Gasteiger partial charge is 0.357 e. The van der Waals surface area contributed by atoms with E-state index in [-0.39, 0.29) is 5.54 Å². The minimum absolute atomic E-state index is 0.208. The summed E-state index contributed by atoms with van der Waals surface area (Å²) in [5.74, 6) is 0.638. The summed E-state index contributed by atoms with van der Waals surface area (Å²) in [5, 5.41) is 0. The van der Waals surface area contributed by atoms with Gasteiger partial charge in [0.25, 0.3) is 0 Å². The van der Waals surface area contributed by atoms with Gasteiger partial charge in [0.1, 0.15) is 0 Å². The van der Waals surface area contributed by atoms with E-state index >= 15 is 0 Å². The fourth-order valence-electron chi connectivity index (χ4n) is 4.15. The Morgan fingerprint density at radius 1 is 1.18 bits per heavy atom. The van der Waals surface area contributed by atoms with Gasteiger partial charge in [0.05, 0.1) is 6.67 Å². The number of halogens is 2. The van der Waals surface area contributed by atoms with Crippen molar-refractivity contribution in [3.63, 3.8) is 0 Å². The summed E-state index contributed by atoms with van der Waals surface area (Å²) >= 11 is 7.32. The summed E-state index contributed by atoms with van der Waals surface area (Å²) in [4.78, 5) is 5.17. The lowest BCUT2D eigenvalue weighted by molar-refractivity contribution is 0.112. The molecule has 0 bridgehead atoms. The molecule has 2 atom stereocenters. The molecule has 22 heavy (non-hydrogen) atoms. The Morgan fingerprint density at radius 2 is 1.82 bits per heavy atom. The summed E-state index contributed by atoms with van der Waals surface area (Å²) in [6.07, 6.45) is 3.59. The minimum atomic E-state index is 0.208. The van der Waals surface area contributed by atoms with E-state index in [1.807, 2.05) is 0 Å². The van der Waals surface area contributed by atoms with E-state index < -0.39 is 0 Å². The average molecular weight is 428 g/mol. The van der Waals surface area contributed by atoms with Gasteiger partial charge < -0.3 is 4.90 Å². The molecule has 2 unspecified atom stereocenters. The van der Waals surface area contributed by atoms with Crippen molar-refractivity contribution in [2.75, 3.05) is 24.7 Å². The zero-order valence-corrected chi connectivity index (χ0v) is 17.0. The van der Waals surface area contributed by atoms with E-state index in [0.717, 1.165) is 19.8 Å². The molecule has 1 aromatic rings. The van der Waals surface area contributed by atoms with Crippen molar-refractivity contribution in [2.45, 2.75) is 39.7 Å². The topological polar surface area (TPSA) is 6.48 Å². The van der Waals surface area contributed by atoms with Crippen LogP contribution in [0.15, 0.2) is 27.2 Å². The van der Waals surface area contributed by atoms with E-state index in [0.29, 0.717) is 5.92 Å². The second-order valence-corrected chi connectivity index (χ2v) is 8.60. The SMILES string of the molecule is CCC1C(Br)=CC1(C)N1CCN(c2c(C)cc(Br)cc2C)C1. The number of rotatable bonds is 3. The van der Waals surface area contributed by atoms with Gasteiger partial charge in [-0.2, -0.15) is 0 Å². The minimum Gasteiger partial charge on any atom is -0.357 e. The van der Waals surface area contributed by atoms with Crippen LogP contribution < -0.4 is 4.90 Å². The summed E-state index contributed by atoms with van der Waals surface area (Å²) in [7, 11) is 0. The molecule has 0 aromatic heterocycles. The molecular weight excluding hydrogens is 404 g/mol. The van der Waals surface area contributed by atoms with Crippen LogP contribution >= 0.6 is 31.9 Å². The predicted octanol–water partition coefficient (Wildman–Crippen LogP) is 5.22. The zero-order valence-electron chi connectivity index (χ0n) is 13.8. The van der Waals surface area contributed by atoms with Gasteiger partial charge in [-0.15, -0.1) is 0 Å². The normalized spacial score (nSPS) is 28.7. The van der Waals surface area contributed by atoms with E-state index in [9.17, 15) is 0 Å². The van der Waals surface area contributed by atoms with Gasteiger partial charge in [-0.1, -0.05) is 44.9 Å². The maximum Gasteiger partial charge on any atom is 0.0715 e. The van der Waals surface area contributed by atoms with Gasteiger partial charge in [-0.3, -0.25) is 4.90 Å². The second kappa shape index (κ2) is 5.95. The smallest absolute Gasteiger partial charge is 0.0715 e. The van der Waals surface area contributed by atoms with Crippen molar-refractivity contribution in [3.8, 4) is 0 Å².